The Kier molecular flexibility index (Phi) is 4.05. The molecule has 2 aliphatic heterocycles. The van der Waals surface area contributed by atoms with Gasteiger partial charge in [-0.05, 0) is 19.3 Å². The quantitative estimate of drug-likeness (QED) is 0.728. The largest absolute Gasteiger partial charge is 0.461 e. The molecule has 0 aromatic rings. The van der Waals surface area contributed by atoms with Crippen LogP contribution < -0.4 is 0 Å². The lowest BCUT2D eigenvalue weighted by molar-refractivity contribution is -0.214. The van der Waals surface area contributed by atoms with E-state index >= 15 is 0 Å². The molecule has 1 amide bonds. The van der Waals surface area contributed by atoms with E-state index in [1.165, 1.54) is 7.11 Å². The topological polar surface area (TPSA) is 65.1 Å². The minimum atomic E-state index is -0.370. The zero-order valence-corrected chi connectivity index (χ0v) is 13.5. The Morgan fingerprint density at radius 1 is 1.27 bits per heavy atom. The van der Waals surface area contributed by atoms with Gasteiger partial charge in [-0.15, -0.1) is 0 Å². The Hall–Kier alpha value is -1.30. The number of ether oxygens (including phenoxy) is 3. The van der Waals surface area contributed by atoms with Crippen molar-refractivity contribution >= 4 is 12.1 Å². The summed E-state index contributed by atoms with van der Waals surface area (Å²) in [5.74, 6) is -0.0960. The fourth-order valence-electron chi connectivity index (χ4n) is 4.20. The monoisotopic (exact) mass is 311 g/mol. The van der Waals surface area contributed by atoms with Gasteiger partial charge in [-0.3, -0.25) is 4.79 Å². The third-order valence-corrected chi connectivity index (χ3v) is 5.42. The summed E-state index contributed by atoms with van der Waals surface area (Å²) in [6.07, 6.45) is 2.31. The number of rotatable bonds is 2. The predicted molar refractivity (Wildman–Crippen MR) is 78.2 cm³/mol. The summed E-state index contributed by atoms with van der Waals surface area (Å²) in [7, 11) is 1.36. The highest BCUT2D eigenvalue weighted by atomic mass is 16.6. The van der Waals surface area contributed by atoms with Crippen molar-refractivity contribution in [2.45, 2.75) is 45.3 Å². The van der Waals surface area contributed by atoms with Crippen LogP contribution in [0.15, 0.2) is 0 Å². The molecule has 0 aromatic heterocycles. The number of piperidine rings is 1. The second-order valence-corrected chi connectivity index (χ2v) is 7.18. The standard InChI is InChI=1S/C16H25NO5/c1-16(2)12-11(6-8-21-12)13(16)22-14(18)10-5-4-7-17(9-10)15(19)20-3/h10-13H,4-9H2,1-3H3/t10-,11+,12+,13+/m0/s1. The fourth-order valence-corrected chi connectivity index (χ4v) is 4.20. The Morgan fingerprint density at radius 3 is 2.77 bits per heavy atom. The number of carbonyl (C=O) groups is 2. The summed E-state index contributed by atoms with van der Waals surface area (Å²) >= 11 is 0. The van der Waals surface area contributed by atoms with Gasteiger partial charge in [0.2, 0.25) is 0 Å². The molecule has 0 bridgehead atoms. The average Bonchev–Trinajstić information content (AvgIpc) is 2.98. The van der Waals surface area contributed by atoms with Crippen LogP contribution in [0.3, 0.4) is 0 Å². The average molecular weight is 311 g/mol. The van der Waals surface area contributed by atoms with E-state index in [-0.39, 0.29) is 35.6 Å². The molecular formula is C16H25NO5. The zero-order valence-electron chi connectivity index (χ0n) is 13.5. The van der Waals surface area contributed by atoms with E-state index in [4.69, 9.17) is 14.2 Å². The summed E-state index contributed by atoms with van der Waals surface area (Å²) in [6.45, 7) is 5.98. The SMILES string of the molecule is COC(=O)N1CCC[C@H](C(=O)O[C@@H]2[C@@H]3CCO[C@H]3C2(C)C)C1. The number of hydrogen-bond acceptors (Lipinski definition) is 5. The van der Waals surface area contributed by atoms with Gasteiger partial charge in [-0.25, -0.2) is 4.79 Å². The van der Waals surface area contributed by atoms with Crippen molar-refractivity contribution in [3.05, 3.63) is 0 Å². The highest BCUT2D eigenvalue weighted by Crippen LogP contribution is 2.53. The number of amides is 1. The lowest BCUT2D eigenvalue weighted by Gasteiger charge is -2.53. The van der Waals surface area contributed by atoms with E-state index in [1.54, 1.807) is 4.90 Å². The van der Waals surface area contributed by atoms with Gasteiger partial charge in [0.05, 0.1) is 19.1 Å². The minimum Gasteiger partial charge on any atom is -0.461 e. The number of likely N-dealkylation sites (tertiary alicyclic amines) is 1. The second kappa shape index (κ2) is 5.72. The number of esters is 1. The highest BCUT2D eigenvalue weighted by Gasteiger charge is 2.61. The molecule has 6 nitrogen and oxygen atoms in total. The second-order valence-electron chi connectivity index (χ2n) is 7.18. The summed E-state index contributed by atoms with van der Waals surface area (Å²) in [6, 6.07) is 0. The number of hydrogen-bond donors (Lipinski definition) is 0. The van der Waals surface area contributed by atoms with Crippen LogP contribution in [-0.2, 0) is 19.0 Å². The zero-order chi connectivity index (χ0) is 15.9. The van der Waals surface area contributed by atoms with E-state index in [1.807, 2.05) is 0 Å². The molecular weight excluding hydrogens is 286 g/mol. The summed E-state index contributed by atoms with van der Waals surface area (Å²) in [5.41, 5.74) is -0.118. The van der Waals surface area contributed by atoms with Gasteiger partial charge in [-0.1, -0.05) is 13.8 Å². The lowest BCUT2D eigenvalue weighted by atomic mass is 9.59. The molecule has 2 saturated heterocycles. The van der Waals surface area contributed by atoms with Crippen molar-refractivity contribution in [3.8, 4) is 0 Å². The molecule has 124 valence electrons. The third-order valence-electron chi connectivity index (χ3n) is 5.42. The van der Waals surface area contributed by atoms with Gasteiger partial charge in [-0.2, -0.15) is 0 Å². The van der Waals surface area contributed by atoms with Crippen molar-refractivity contribution in [1.29, 1.82) is 0 Å². The lowest BCUT2D eigenvalue weighted by Crippen LogP contribution is -2.62. The van der Waals surface area contributed by atoms with Crippen LogP contribution in [0, 0.1) is 17.3 Å². The summed E-state index contributed by atoms with van der Waals surface area (Å²) < 4.78 is 16.3. The molecule has 1 saturated carbocycles. The smallest absolute Gasteiger partial charge is 0.409 e. The molecule has 22 heavy (non-hydrogen) atoms. The van der Waals surface area contributed by atoms with Gasteiger partial charge in [0, 0.05) is 31.0 Å². The van der Waals surface area contributed by atoms with E-state index in [9.17, 15) is 9.59 Å². The van der Waals surface area contributed by atoms with Crippen LogP contribution in [0.5, 0.6) is 0 Å². The van der Waals surface area contributed by atoms with Crippen molar-refractivity contribution in [2.75, 3.05) is 26.8 Å². The molecule has 0 unspecified atom stereocenters. The minimum absolute atomic E-state index is 0.0685. The molecule has 2 heterocycles. The Morgan fingerprint density at radius 2 is 2.05 bits per heavy atom. The van der Waals surface area contributed by atoms with Crippen LogP contribution in [0.2, 0.25) is 0 Å². The van der Waals surface area contributed by atoms with Gasteiger partial charge in [0.25, 0.3) is 0 Å². The molecule has 0 radical (unpaired) electrons. The van der Waals surface area contributed by atoms with Crippen LogP contribution in [0.1, 0.15) is 33.1 Å². The molecule has 6 heteroatoms. The van der Waals surface area contributed by atoms with Crippen molar-refractivity contribution < 1.29 is 23.8 Å². The van der Waals surface area contributed by atoms with E-state index in [0.717, 1.165) is 25.9 Å². The molecule has 3 rings (SSSR count). The summed E-state index contributed by atoms with van der Waals surface area (Å²) in [4.78, 5) is 25.7. The van der Waals surface area contributed by atoms with E-state index < -0.39 is 0 Å². The highest BCUT2D eigenvalue weighted by molar-refractivity contribution is 5.75. The summed E-state index contributed by atoms with van der Waals surface area (Å²) in [5, 5.41) is 0. The first-order valence-electron chi connectivity index (χ1n) is 8.10. The van der Waals surface area contributed by atoms with Crippen molar-refractivity contribution in [1.82, 2.24) is 4.90 Å². The Labute approximate surface area is 131 Å². The number of carbonyl (C=O) groups excluding carboxylic acids is 2. The first-order chi connectivity index (χ1) is 10.4. The van der Waals surface area contributed by atoms with Crippen LogP contribution in [-0.4, -0.2) is 56.0 Å². The first-order valence-corrected chi connectivity index (χ1v) is 8.10. The maximum atomic E-state index is 12.5. The molecule has 4 atom stereocenters. The maximum Gasteiger partial charge on any atom is 0.409 e. The number of nitrogens with zero attached hydrogens (tertiary/aromatic N) is 1. The van der Waals surface area contributed by atoms with E-state index in [2.05, 4.69) is 13.8 Å². The van der Waals surface area contributed by atoms with Gasteiger partial charge in [0.15, 0.2) is 0 Å². The predicted octanol–water partition coefficient (Wildman–Crippen LogP) is 1.82. The number of fused-ring (bicyclic) bond motifs is 1. The van der Waals surface area contributed by atoms with E-state index in [0.29, 0.717) is 19.0 Å². The van der Waals surface area contributed by atoms with Crippen LogP contribution in [0.25, 0.3) is 0 Å². The Bertz CT molecular complexity index is 463. The molecule has 0 N–H and O–H groups in total. The Balaban J connectivity index is 1.59. The molecule has 3 fully saturated rings. The molecule has 0 aromatic carbocycles. The van der Waals surface area contributed by atoms with Crippen molar-refractivity contribution in [2.24, 2.45) is 17.3 Å². The fraction of sp³-hybridized carbons (Fsp3) is 0.875. The van der Waals surface area contributed by atoms with Crippen LogP contribution in [0.4, 0.5) is 4.79 Å². The normalized spacial score (nSPS) is 36.2. The molecule has 3 aliphatic rings. The van der Waals surface area contributed by atoms with Gasteiger partial charge >= 0.3 is 12.1 Å². The number of methoxy groups -OCH3 is 1. The van der Waals surface area contributed by atoms with Gasteiger partial charge < -0.3 is 19.1 Å². The van der Waals surface area contributed by atoms with Crippen molar-refractivity contribution in [3.63, 3.8) is 0 Å². The van der Waals surface area contributed by atoms with Gasteiger partial charge in [0.1, 0.15) is 6.10 Å². The van der Waals surface area contributed by atoms with Crippen LogP contribution >= 0.6 is 0 Å². The molecule has 0 spiro atoms. The molecule has 1 aliphatic carbocycles. The maximum absolute atomic E-state index is 12.5. The first kappa shape index (κ1) is 15.6. The third kappa shape index (κ3) is 2.47.